The van der Waals surface area contributed by atoms with Crippen LogP contribution in [0.1, 0.15) is 36.4 Å². The van der Waals surface area contributed by atoms with Crippen LogP contribution in [0.15, 0.2) is 47.2 Å². The number of benzene rings is 1. The van der Waals surface area contributed by atoms with Crippen molar-refractivity contribution in [2.45, 2.75) is 31.3 Å². The number of hydrogen-bond acceptors (Lipinski definition) is 6. The van der Waals surface area contributed by atoms with Gasteiger partial charge in [-0.25, -0.2) is 13.1 Å². The summed E-state index contributed by atoms with van der Waals surface area (Å²) in [6.45, 7) is 3.44. The molecule has 0 fully saturated rings. The van der Waals surface area contributed by atoms with Crippen molar-refractivity contribution in [3.05, 3.63) is 60.0 Å². The van der Waals surface area contributed by atoms with E-state index in [0.29, 0.717) is 17.8 Å². The molecule has 1 atom stereocenters. The summed E-state index contributed by atoms with van der Waals surface area (Å²) in [7, 11) is -3.48. The smallest absolute Gasteiger partial charge is 0.244 e. The molecule has 0 aliphatic heterocycles. The Morgan fingerprint density at radius 3 is 2.67 bits per heavy atom. The fourth-order valence-electron chi connectivity index (χ4n) is 2.24. The normalized spacial score (nSPS) is 13.1. The number of aryl methyl sites for hydroxylation is 1. The average Bonchev–Trinajstić information content (AvgIpc) is 3.23. The van der Waals surface area contributed by atoms with Gasteiger partial charge in [-0.2, -0.15) is 10.1 Å². The number of sulfone groups is 1. The molecule has 0 radical (unpaired) electrons. The molecule has 2 aromatic heterocycles. The van der Waals surface area contributed by atoms with E-state index in [-0.39, 0.29) is 11.6 Å². The summed E-state index contributed by atoms with van der Waals surface area (Å²) in [5.41, 5.74) is 1.49. The van der Waals surface area contributed by atoms with Crippen molar-refractivity contribution in [2.24, 2.45) is 0 Å². The fourth-order valence-corrected chi connectivity index (χ4v) is 3.51. The van der Waals surface area contributed by atoms with Gasteiger partial charge in [0.1, 0.15) is 5.25 Å². The largest absolute Gasteiger partial charge is 0.338 e. The molecule has 1 aromatic carbocycles. The first-order valence-corrected chi connectivity index (χ1v) is 9.34. The van der Waals surface area contributed by atoms with Crippen LogP contribution < -0.4 is 0 Å². The van der Waals surface area contributed by atoms with Gasteiger partial charge in [0.25, 0.3) is 0 Å². The van der Waals surface area contributed by atoms with Gasteiger partial charge in [0.05, 0.1) is 17.6 Å². The van der Waals surface area contributed by atoms with Crippen LogP contribution in [0.2, 0.25) is 0 Å². The Hall–Kier alpha value is -2.48. The molecule has 126 valence electrons. The highest BCUT2D eigenvalue weighted by Crippen LogP contribution is 2.24. The lowest BCUT2D eigenvalue weighted by Gasteiger charge is -2.07. The van der Waals surface area contributed by atoms with E-state index in [1.165, 1.54) is 0 Å². The van der Waals surface area contributed by atoms with E-state index < -0.39 is 15.1 Å². The third-order valence-corrected chi connectivity index (χ3v) is 5.73. The summed E-state index contributed by atoms with van der Waals surface area (Å²) in [6.07, 6.45) is 3.87. The second-order valence-electron chi connectivity index (χ2n) is 5.48. The van der Waals surface area contributed by atoms with Gasteiger partial charge >= 0.3 is 0 Å². The number of nitrogens with zero attached hydrogens (tertiary/aromatic N) is 4. The summed E-state index contributed by atoms with van der Waals surface area (Å²) in [6, 6.07) is 9.51. The van der Waals surface area contributed by atoms with Gasteiger partial charge in [0, 0.05) is 18.2 Å². The molecule has 0 amide bonds. The number of para-hydroxylation sites is 1. The molecular weight excluding hydrogens is 328 g/mol. The molecule has 24 heavy (non-hydrogen) atoms. The Morgan fingerprint density at radius 1 is 1.25 bits per heavy atom. The van der Waals surface area contributed by atoms with E-state index in [0.717, 1.165) is 5.69 Å². The monoisotopic (exact) mass is 346 g/mol. The van der Waals surface area contributed by atoms with Crippen LogP contribution in [0.4, 0.5) is 0 Å². The van der Waals surface area contributed by atoms with Gasteiger partial charge in [-0.1, -0.05) is 30.3 Å². The van der Waals surface area contributed by atoms with Crippen molar-refractivity contribution in [1.29, 1.82) is 0 Å². The van der Waals surface area contributed by atoms with E-state index in [9.17, 15) is 8.42 Å². The molecule has 7 nitrogen and oxygen atoms in total. The molecule has 0 saturated carbocycles. The highest BCUT2D eigenvalue weighted by Gasteiger charge is 2.28. The molecule has 8 heteroatoms. The van der Waals surface area contributed by atoms with Crippen LogP contribution >= 0.6 is 0 Å². The Bertz CT molecular complexity index is 916. The second kappa shape index (κ2) is 6.56. The number of hydrogen-bond donors (Lipinski definition) is 0. The molecule has 0 bridgehead atoms. The zero-order chi connectivity index (χ0) is 17.2. The van der Waals surface area contributed by atoms with Gasteiger partial charge in [-0.15, -0.1) is 0 Å². The minimum Gasteiger partial charge on any atom is -0.338 e. The summed E-state index contributed by atoms with van der Waals surface area (Å²) in [5, 5.41) is 7.12. The topological polar surface area (TPSA) is 90.9 Å². The number of aromatic nitrogens is 4. The predicted molar refractivity (Wildman–Crippen MR) is 88.3 cm³/mol. The molecule has 0 spiro atoms. The zero-order valence-electron chi connectivity index (χ0n) is 13.5. The lowest BCUT2D eigenvalue weighted by atomic mass is 10.3. The van der Waals surface area contributed by atoms with Gasteiger partial charge in [-0.05, 0) is 19.1 Å². The van der Waals surface area contributed by atoms with Crippen molar-refractivity contribution >= 4 is 9.84 Å². The SMILES string of the molecule is CCc1noc([C@H](C)S(=O)(=O)Cc2cnn(-c3ccccc3)c2)n1. The molecular formula is C16H18N4O3S. The Morgan fingerprint density at radius 2 is 2.00 bits per heavy atom. The standard InChI is InChI=1S/C16H18N4O3S/c1-3-15-18-16(23-19-15)12(2)24(21,22)11-13-9-17-20(10-13)14-7-5-4-6-8-14/h4-10,12H,3,11H2,1-2H3/t12-/m0/s1. The van der Waals surface area contributed by atoms with Gasteiger partial charge in [-0.3, -0.25) is 0 Å². The van der Waals surface area contributed by atoms with Crippen LogP contribution in [-0.2, 0) is 22.0 Å². The predicted octanol–water partition coefficient (Wildman–Crippen LogP) is 2.49. The second-order valence-corrected chi connectivity index (χ2v) is 7.80. The third kappa shape index (κ3) is 3.38. The maximum Gasteiger partial charge on any atom is 0.244 e. The van der Waals surface area contributed by atoms with Gasteiger partial charge in [0.15, 0.2) is 15.7 Å². The molecule has 0 N–H and O–H groups in total. The van der Waals surface area contributed by atoms with Crippen LogP contribution in [0, 0.1) is 0 Å². The minimum absolute atomic E-state index is 0.127. The van der Waals surface area contributed by atoms with Gasteiger partial charge < -0.3 is 4.52 Å². The number of rotatable bonds is 6. The molecule has 0 unspecified atom stereocenters. The molecule has 3 rings (SSSR count). The summed E-state index contributed by atoms with van der Waals surface area (Å²) >= 11 is 0. The lowest BCUT2D eigenvalue weighted by molar-refractivity contribution is 0.371. The summed E-state index contributed by atoms with van der Waals surface area (Å²) < 4.78 is 31.9. The molecule has 0 aliphatic carbocycles. The van der Waals surface area contributed by atoms with Crippen molar-refractivity contribution in [3.63, 3.8) is 0 Å². The Labute approximate surface area is 140 Å². The Balaban J connectivity index is 1.78. The maximum atomic E-state index is 12.6. The highest BCUT2D eigenvalue weighted by atomic mass is 32.2. The maximum absolute atomic E-state index is 12.6. The van der Waals surface area contributed by atoms with Crippen LogP contribution in [0.5, 0.6) is 0 Å². The Kier molecular flexibility index (Phi) is 4.48. The molecule has 0 saturated heterocycles. The first-order chi connectivity index (χ1) is 11.5. The van der Waals surface area contributed by atoms with Crippen LogP contribution in [0.3, 0.4) is 0 Å². The lowest BCUT2D eigenvalue weighted by Crippen LogP contribution is -2.13. The van der Waals surface area contributed by atoms with Crippen molar-refractivity contribution < 1.29 is 12.9 Å². The summed E-state index contributed by atoms with van der Waals surface area (Å²) in [4.78, 5) is 4.11. The minimum atomic E-state index is -3.48. The first kappa shape index (κ1) is 16.4. The first-order valence-electron chi connectivity index (χ1n) is 7.62. The molecule has 0 aliphatic rings. The van der Waals surface area contributed by atoms with Gasteiger partial charge in [0.2, 0.25) is 5.89 Å². The van der Waals surface area contributed by atoms with Crippen molar-refractivity contribution in [3.8, 4) is 5.69 Å². The third-order valence-electron chi connectivity index (χ3n) is 3.71. The van der Waals surface area contributed by atoms with E-state index in [1.54, 1.807) is 24.0 Å². The van der Waals surface area contributed by atoms with Crippen molar-refractivity contribution in [1.82, 2.24) is 19.9 Å². The van der Waals surface area contributed by atoms with Crippen molar-refractivity contribution in [2.75, 3.05) is 0 Å². The highest BCUT2D eigenvalue weighted by molar-refractivity contribution is 7.90. The van der Waals surface area contributed by atoms with E-state index >= 15 is 0 Å². The van der Waals surface area contributed by atoms with Crippen LogP contribution in [-0.4, -0.2) is 28.3 Å². The van der Waals surface area contributed by atoms with Crippen LogP contribution in [0.25, 0.3) is 5.69 Å². The molecule has 3 aromatic rings. The summed E-state index contributed by atoms with van der Waals surface area (Å²) in [5.74, 6) is 0.497. The zero-order valence-corrected chi connectivity index (χ0v) is 14.3. The molecule has 2 heterocycles. The average molecular weight is 346 g/mol. The quantitative estimate of drug-likeness (QED) is 0.681. The fraction of sp³-hybridized carbons (Fsp3) is 0.312. The van der Waals surface area contributed by atoms with E-state index in [2.05, 4.69) is 15.2 Å². The van der Waals surface area contributed by atoms with E-state index in [4.69, 9.17) is 4.52 Å². The van der Waals surface area contributed by atoms with E-state index in [1.807, 2.05) is 37.3 Å².